The maximum Gasteiger partial charge on any atom is 0.336 e. The molecule has 0 amide bonds. The van der Waals surface area contributed by atoms with Crippen molar-refractivity contribution in [3.8, 4) is 11.8 Å². The van der Waals surface area contributed by atoms with Gasteiger partial charge in [-0.05, 0) is 30.0 Å². The van der Waals surface area contributed by atoms with Crippen LogP contribution >= 0.6 is 0 Å². The summed E-state index contributed by atoms with van der Waals surface area (Å²) in [5, 5.41) is 19.7. The van der Waals surface area contributed by atoms with Crippen LogP contribution in [-0.2, 0) is 4.74 Å². The van der Waals surface area contributed by atoms with Crippen molar-refractivity contribution in [2.75, 3.05) is 13.2 Å². The minimum Gasteiger partial charge on any atom is -0.478 e. The van der Waals surface area contributed by atoms with E-state index in [1.165, 1.54) is 102 Å². The van der Waals surface area contributed by atoms with Crippen LogP contribution in [0.4, 0.5) is 0 Å². The summed E-state index contributed by atoms with van der Waals surface area (Å²) in [7, 11) is 0. The number of carboxylic acid groups (broad SMARTS) is 2. The summed E-state index contributed by atoms with van der Waals surface area (Å²) in [5.41, 5.74) is 0.603. The summed E-state index contributed by atoms with van der Waals surface area (Å²) >= 11 is 0. The molecule has 0 saturated carbocycles. The summed E-state index contributed by atoms with van der Waals surface area (Å²) in [5.74, 6) is 3.72. The Bertz CT molecular complexity index is 1050. The molecule has 0 fully saturated rings. The van der Waals surface area contributed by atoms with Crippen molar-refractivity contribution < 1.29 is 24.5 Å². The van der Waals surface area contributed by atoms with Gasteiger partial charge in [-0.25, -0.2) is 9.59 Å². The van der Waals surface area contributed by atoms with Gasteiger partial charge in [-0.15, -0.1) is 0 Å². The lowest BCUT2D eigenvalue weighted by Gasteiger charge is -2.08. The van der Waals surface area contributed by atoms with E-state index in [0.29, 0.717) is 22.9 Å². The van der Waals surface area contributed by atoms with Crippen LogP contribution < -0.4 is 0 Å². The van der Waals surface area contributed by atoms with E-state index >= 15 is 0 Å². The monoisotopic (exact) mass is 522 g/mol. The van der Waals surface area contributed by atoms with Crippen LogP contribution in [0.25, 0.3) is 10.8 Å². The third kappa shape index (κ3) is 11.7. The second-order valence-electron chi connectivity index (χ2n) is 10.2. The molecular formula is C33H46O5. The highest BCUT2D eigenvalue weighted by atomic mass is 16.5. The number of ether oxygens (including phenoxy) is 1. The van der Waals surface area contributed by atoms with E-state index in [1.54, 1.807) is 18.2 Å². The van der Waals surface area contributed by atoms with Gasteiger partial charge in [-0.1, -0.05) is 127 Å². The molecule has 0 saturated heterocycles. The SMILES string of the molecule is CCCCCCCCCCCCCCCCCCOCC#Cc1ccc(C(=O)O)c2cccc(C(=O)O)c12. The van der Waals surface area contributed by atoms with Crippen LogP contribution in [0, 0.1) is 11.8 Å². The third-order valence-corrected chi connectivity index (χ3v) is 7.04. The molecular weight excluding hydrogens is 476 g/mol. The first kappa shape index (κ1) is 31.4. The van der Waals surface area contributed by atoms with Crippen molar-refractivity contribution in [1.29, 1.82) is 0 Å². The molecule has 0 aromatic heterocycles. The van der Waals surface area contributed by atoms with Crippen molar-refractivity contribution in [2.24, 2.45) is 0 Å². The zero-order valence-corrected chi connectivity index (χ0v) is 23.2. The number of fused-ring (bicyclic) bond motifs is 1. The number of carbonyl (C=O) groups is 2. The van der Waals surface area contributed by atoms with E-state index in [1.807, 2.05) is 0 Å². The first-order chi connectivity index (χ1) is 18.6. The molecule has 208 valence electrons. The normalized spacial score (nSPS) is 10.9. The molecule has 0 aliphatic rings. The van der Waals surface area contributed by atoms with Gasteiger partial charge in [0, 0.05) is 17.6 Å². The smallest absolute Gasteiger partial charge is 0.336 e. The van der Waals surface area contributed by atoms with E-state index < -0.39 is 11.9 Å². The minimum atomic E-state index is -1.11. The topological polar surface area (TPSA) is 83.8 Å². The van der Waals surface area contributed by atoms with E-state index in [0.717, 1.165) is 12.8 Å². The number of hydrogen-bond donors (Lipinski definition) is 2. The zero-order chi connectivity index (χ0) is 27.4. The van der Waals surface area contributed by atoms with Gasteiger partial charge < -0.3 is 14.9 Å². The minimum absolute atomic E-state index is 0.0454. The zero-order valence-electron chi connectivity index (χ0n) is 23.2. The predicted molar refractivity (Wildman–Crippen MR) is 155 cm³/mol. The van der Waals surface area contributed by atoms with Crippen molar-refractivity contribution in [3.05, 3.63) is 47.0 Å². The van der Waals surface area contributed by atoms with Crippen LogP contribution in [-0.4, -0.2) is 35.4 Å². The van der Waals surface area contributed by atoms with Crippen LogP contribution in [0.15, 0.2) is 30.3 Å². The Kier molecular flexibility index (Phi) is 15.9. The van der Waals surface area contributed by atoms with Crippen LogP contribution in [0.2, 0.25) is 0 Å². The fourth-order valence-electron chi connectivity index (χ4n) is 4.88. The molecule has 2 N–H and O–H groups in total. The summed E-state index contributed by atoms with van der Waals surface area (Å²) < 4.78 is 5.64. The van der Waals surface area contributed by atoms with Gasteiger partial charge in [0.05, 0.1) is 11.1 Å². The average molecular weight is 523 g/mol. The van der Waals surface area contributed by atoms with Crippen molar-refractivity contribution in [3.63, 3.8) is 0 Å². The highest BCUT2D eigenvalue weighted by Gasteiger charge is 2.16. The fraction of sp³-hybridized carbons (Fsp3) is 0.576. The number of benzene rings is 2. The van der Waals surface area contributed by atoms with E-state index in [9.17, 15) is 19.8 Å². The van der Waals surface area contributed by atoms with Gasteiger partial charge in [0.2, 0.25) is 0 Å². The molecule has 0 heterocycles. The molecule has 0 unspecified atom stereocenters. The Balaban J connectivity index is 1.56. The molecule has 0 bridgehead atoms. The van der Waals surface area contributed by atoms with Crippen molar-refractivity contribution >= 4 is 22.7 Å². The molecule has 5 nitrogen and oxygen atoms in total. The molecule has 0 radical (unpaired) electrons. The maximum atomic E-state index is 11.7. The molecule has 2 rings (SSSR count). The number of unbranched alkanes of at least 4 members (excludes halogenated alkanes) is 15. The van der Waals surface area contributed by atoms with Crippen molar-refractivity contribution in [2.45, 2.75) is 110 Å². The van der Waals surface area contributed by atoms with E-state index in [2.05, 4.69) is 18.8 Å². The van der Waals surface area contributed by atoms with Crippen LogP contribution in [0.3, 0.4) is 0 Å². The molecule has 0 aliphatic heterocycles. The highest BCUT2D eigenvalue weighted by molar-refractivity contribution is 6.12. The summed E-state index contributed by atoms with van der Waals surface area (Å²) in [6.45, 7) is 3.19. The Morgan fingerprint density at radius 3 is 1.74 bits per heavy atom. The summed E-state index contributed by atoms with van der Waals surface area (Å²) in [6.07, 6.45) is 21.4. The first-order valence-electron chi connectivity index (χ1n) is 14.6. The van der Waals surface area contributed by atoms with Crippen LogP contribution in [0.5, 0.6) is 0 Å². The summed E-state index contributed by atoms with van der Waals surface area (Å²) in [6, 6.07) is 7.68. The lowest BCUT2D eigenvalue weighted by molar-refractivity contribution is 0.0686. The van der Waals surface area contributed by atoms with E-state index in [-0.39, 0.29) is 17.7 Å². The standard InChI is InChI=1S/C33H46O5/c1-2-3-4-5-6-7-8-9-10-11-12-13-14-15-16-17-25-38-26-19-20-27-23-24-29(32(34)35)28-21-18-22-30(31(27)28)33(36)37/h18,21-24H,2-17,25-26H2,1H3,(H,34,35)(H,36,37). The van der Waals surface area contributed by atoms with Gasteiger partial charge in [-0.2, -0.15) is 0 Å². The molecule has 0 atom stereocenters. The quantitative estimate of drug-likeness (QED) is 0.134. The molecule has 2 aromatic rings. The molecule has 0 spiro atoms. The van der Waals surface area contributed by atoms with Gasteiger partial charge in [0.1, 0.15) is 6.61 Å². The number of rotatable bonds is 20. The van der Waals surface area contributed by atoms with Gasteiger partial charge in [-0.3, -0.25) is 0 Å². The Hall–Kier alpha value is -2.84. The van der Waals surface area contributed by atoms with E-state index in [4.69, 9.17) is 4.74 Å². The molecule has 5 heteroatoms. The summed E-state index contributed by atoms with van der Waals surface area (Å²) in [4.78, 5) is 23.2. The first-order valence-corrected chi connectivity index (χ1v) is 14.6. The second kappa shape index (κ2) is 19.3. The van der Waals surface area contributed by atoms with Gasteiger partial charge >= 0.3 is 11.9 Å². The lowest BCUT2D eigenvalue weighted by atomic mass is 9.95. The number of carboxylic acids is 2. The fourth-order valence-corrected chi connectivity index (χ4v) is 4.88. The Morgan fingerprint density at radius 1 is 0.684 bits per heavy atom. The van der Waals surface area contributed by atoms with Crippen molar-refractivity contribution in [1.82, 2.24) is 0 Å². The predicted octanol–water partition coefficient (Wildman–Crippen LogP) is 8.87. The number of hydrogen-bond acceptors (Lipinski definition) is 3. The highest BCUT2D eigenvalue weighted by Crippen LogP contribution is 2.26. The van der Waals surface area contributed by atoms with Gasteiger partial charge in [0.15, 0.2) is 0 Å². The largest absolute Gasteiger partial charge is 0.478 e. The van der Waals surface area contributed by atoms with Gasteiger partial charge in [0.25, 0.3) is 0 Å². The third-order valence-electron chi connectivity index (χ3n) is 7.04. The van der Waals surface area contributed by atoms with Crippen LogP contribution in [0.1, 0.15) is 136 Å². The second-order valence-corrected chi connectivity index (χ2v) is 10.2. The Morgan fingerprint density at radius 2 is 1.21 bits per heavy atom. The Labute approximate surface area is 229 Å². The number of aromatic carboxylic acids is 2. The molecule has 38 heavy (non-hydrogen) atoms. The molecule has 0 aliphatic carbocycles. The molecule has 2 aromatic carbocycles. The average Bonchev–Trinajstić information content (AvgIpc) is 2.91. The maximum absolute atomic E-state index is 11.7. The lowest BCUT2D eigenvalue weighted by Crippen LogP contribution is -2.03.